The molecule has 0 spiro atoms. The van der Waals surface area contributed by atoms with Gasteiger partial charge in [-0.15, -0.1) is 0 Å². The number of pyridine rings is 1. The number of hydrogen-bond acceptors (Lipinski definition) is 4. The molecule has 1 saturated heterocycles. The number of piperazine rings is 1. The van der Waals surface area contributed by atoms with Crippen molar-refractivity contribution in [3.8, 4) is 11.1 Å². The van der Waals surface area contributed by atoms with Crippen molar-refractivity contribution >= 4 is 38.5 Å². The van der Waals surface area contributed by atoms with Gasteiger partial charge in [0.2, 0.25) is 5.82 Å². The number of nitrogens with one attached hydrogen (secondary N) is 2. The molecule has 0 aliphatic carbocycles. The van der Waals surface area contributed by atoms with E-state index in [1.165, 1.54) is 6.20 Å². The second-order valence-corrected chi connectivity index (χ2v) is 9.34. The highest BCUT2D eigenvalue weighted by atomic mass is 19.4. The predicted molar refractivity (Wildman–Crippen MR) is 136 cm³/mol. The van der Waals surface area contributed by atoms with Gasteiger partial charge in [-0.05, 0) is 47.8 Å². The average Bonchev–Trinajstić information content (AvgIpc) is 3.35. The Bertz CT molecular complexity index is 1730. The number of aromatic nitrogens is 3. The molecule has 1 fully saturated rings. The van der Waals surface area contributed by atoms with Crippen molar-refractivity contribution in [3.63, 3.8) is 0 Å². The van der Waals surface area contributed by atoms with Gasteiger partial charge in [-0.2, -0.15) is 13.2 Å². The topological polar surface area (TPSA) is 85.1 Å². The maximum absolute atomic E-state index is 13.4. The number of amides is 1. The Balaban J connectivity index is 1.45. The number of hydrogen-bond donors (Lipinski definition) is 2. The molecule has 0 saturated carbocycles. The maximum atomic E-state index is 13.4. The molecule has 5 aromatic rings. The van der Waals surface area contributed by atoms with E-state index < -0.39 is 17.6 Å². The van der Waals surface area contributed by atoms with Crippen molar-refractivity contribution in [3.05, 3.63) is 76.5 Å². The van der Waals surface area contributed by atoms with Gasteiger partial charge in [0.25, 0.3) is 11.5 Å². The number of fused-ring (bicyclic) bond motifs is 6. The van der Waals surface area contributed by atoms with E-state index in [0.717, 1.165) is 24.2 Å². The summed E-state index contributed by atoms with van der Waals surface area (Å²) in [6, 6.07) is 14.1. The number of likely N-dealkylation sites (N-methyl/N-ethyl adjacent to an activating group) is 1. The van der Waals surface area contributed by atoms with Gasteiger partial charge in [-0.25, -0.2) is 4.98 Å². The Labute approximate surface area is 208 Å². The molecule has 2 aromatic heterocycles. The van der Waals surface area contributed by atoms with Crippen LogP contribution in [0.15, 0.2) is 59.5 Å². The van der Waals surface area contributed by atoms with Crippen LogP contribution in [0.2, 0.25) is 0 Å². The Kier molecular flexibility index (Phi) is 5.30. The van der Waals surface area contributed by atoms with E-state index in [0.29, 0.717) is 34.8 Å². The second kappa shape index (κ2) is 8.45. The van der Waals surface area contributed by atoms with E-state index in [1.54, 1.807) is 36.4 Å². The summed E-state index contributed by atoms with van der Waals surface area (Å²) in [6.45, 7) is 3.03. The number of nitrogens with zero attached hydrogens (tertiary/aromatic N) is 3. The first-order valence-electron chi connectivity index (χ1n) is 11.8. The van der Waals surface area contributed by atoms with Crippen LogP contribution in [0.25, 0.3) is 43.7 Å². The lowest BCUT2D eigenvalue weighted by Gasteiger charge is -2.32. The molecule has 7 nitrogen and oxygen atoms in total. The number of halogens is 3. The number of H-pyrrole nitrogens is 2. The second-order valence-electron chi connectivity index (χ2n) is 9.34. The largest absolute Gasteiger partial charge is 0.449 e. The molecule has 1 aliphatic rings. The van der Waals surface area contributed by atoms with Gasteiger partial charge in [0.1, 0.15) is 0 Å². The maximum Gasteiger partial charge on any atom is 0.449 e. The monoisotopic (exact) mass is 505 g/mol. The fourth-order valence-corrected chi connectivity index (χ4v) is 4.99. The fourth-order valence-electron chi connectivity index (χ4n) is 4.99. The molecule has 3 heterocycles. The van der Waals surface area contributed by atoms with E-state index >= 15 is 0 Å². The molecule has 0 radical (unpaired) electrons. The van der Waals surface area contributed by atoms with Gasteiger partial charge in [0, 0.05) is 48.7 Å². The molecule has 0 unspecified atom stereocenters. The summed E-state index contributed by atoms with van der Waals surface area (Å²) in [5, 5.41) is 1.59. The van der Waals surface area contributed by atoms with Crippen molar-refractivity contribution in [2.24, 2.45) is 0 Å². The van der Waals surface area contributed by atoms with Gasteiger partial charge in [0.05, 0.1) is 16.4 Å². The summed E-state index contributed by atoms with van der Waals surface area (Å²) in [6.07, 6.45) is -3.25. The van der Waals surface area contributed by atoms with E-state index in [9.17, 15) is 22.8 Å². The van der Waals surface area contributed by atoms with Crippen molar-refractivity contribution in [1.29, 1.82) is 0 Å². The third-order valence-corrected chi connectivity index (χ3v) is 7.00. The molecule has 2 N–H and O–H groups in total. The third kappa shape index (κ3) is 3.93. The zero-order valence-electron chi connectivity index (χ0n) is 19.8. The molecule has 188 valence electrons. The summed E-state index contributed by atoms with van der Waals surface area (Å²) in [7, 11) is 2.03. The summed E-state index contributed by atoms with van der Waals surface area (Å²) in [5.41, 5.74) is 2.09. The number of aromatic amines is 2. The molecule has 0 bridgehead atoms. The smallest absolute Gasteiger partial charge is 0.336 e. The average molecular weight is 506 g/mol. The highest BCUT2D eigenvalue weighted by molar-refractivity contribution is 6.23. The van der Waals surface area contributed by atoms with Crippen LogP contribution >= 0.6 is 0 Å². The summed E-state index contributed by atoms with van der Waals surface area (Å²) >= 11 is 0. The van der Waals surface area contributed by atoms with E-state index in [1.807, 2.05) is 24.1 Å². The van der Waals surface area contributed by atoms with Crippen LogP contribution < -0.4 is 5.56 Å². The van der Waals surface area contributed by atoms with Crippen LogP contribution in [0.5, 0.6) is 0 Å². The first-order valence-corrected chi connectivity index (χ1v) is 11.8. The molecule has 37 heavy (non-hydrogen) atoms. The Morgan fingerprint density at radius 1 is 0.919 bits per heavy atom. The Morgan fingerprint density at radius 3 is 2.32 bits per heavy atom. The van der Waals surface area contributed by atoms with Gasteiger partial charge in [-0.1, -0.05) is 24.3 Å². The van der Waals surface area contributed by atoms with Crippen LogP contribution in [0.4, 0.5) is 13.2 Å². The summed E-state index contributed by atoms with van der Waals surface area (Å²) in [5.74, 6) is -1.13. The van der Waals surface area contributed by atoms with Gasteiger partial charge < -0.3 is 19.8 Å². The number of benzene rings is 3. The fraction of sp³-hybridized carbons (Fsp3) is 0.222. The zero-order valence-corrected chi connectivity index (χ0v) is 19.8. The number of carbonyl (C=O) groups excluding carboxylic acids is 1. The number of imidazole rings is 1. The molecular formula is C27H22F3N5O2. The first-order chi connectivity index (χ1) is 17.7. The molecule has 0 atom stereocenters. The van der Waals surface area contributed by atoms with Crippen LogP contribution in [0.1, 0.15) is 16.2 Å². The van der Waals surface area contributed by atoms with E-state index in [-0.39, 0.29) is 22.3 Å². The number of carbonyl (C=O) groups is 1. The molecule has 3 aromatic carbocycles. The lowest BCUT2D eigenvalue weighted by molar-refractivity contribution is -0.144. The minimum atomic E-state index is -4.65. The van der Waals surface area contributed by atoms with Gasteiger partial charge in [0.15, 0.2) is 0 Å². The van der Waals surface area contributed by atoms with Crippen molar-refractivity contribution in [2.75, 3.05) is 33.2 Å². The van der Waals surface area contributed by atoms with Gasteiger partial charge in [-0.3, -0.25) is 9.59 Å². The van der Waals surface area contributed by atoms with Gasteiger partial charge >= 0.3 is 6.18 Å². The van der Waals surface area contributed by atoms with E-state index in [4.69, 9.17) is 0 Å². The molecule has 1 amide bonds. The highest BCUT2D eigenvalue weighted by Crippen LogP contribution is 2.37. The first kappa shape index (κ1) is 23.2. The Morgan fingerprint density at radius 2 is 1.62 bits per heavy atom. The lowest BCUT2D eigenvalue weighted by Crippen LogP contribution is -2.47. The number of rotatable bonds is 2. The number of alkyl halides is 3. The van der Waals surface area contributed by atoms with Crippen LogP contribution in [-0.2, 0) is 6.18 Å². The van der Waals surface area contributed by atoms with Crippen LogP contribution in [0.3, 0.4) is 0 Å². The lowest BCUT2D eigenvalue weighted by atomic mass is 9.96. The minimum absolute atomic E-state index is 0.0159. The molecule has 1 aliphatic heterocycles. The SMILES string of the molecule is CN1CCN(C(=O)c2ccc(-c3ccc4c(c3)c3c(=O)[nH]ccc3c3nc(C(F)(F)F)[nH]c43)cc2)CC1. The zero-order chi connectivity index (χ0) is 25.9. The van der Waals surface area contributed by atoms with Crippen molar-refractivity contribution in [2.45, 2.75) is 6.18 Å². The summed E-state index contributed by atoms with van der Waals surface area (Å²) in [4.78, 5) is 38.5. The van der Waals surface area contributed by atoms with Crippen molar-refractivity contribution in [1.82, 2.24) is 24.8 Å². The normalized spacial score (nSPS) is 15.2. The highest BCUT2D eigenvalue weighted by Gasteiger charge is 2.35. The summed E-state index contributed by atoms with van der Waals surface area (Å²) < 4.78 is 40.3. The molecule has 10 heteroatoms. The predicted octanol–water partition coefficient (Wildman–Crippen LogP) is 4.63. The minimum Gasteiger partial charge on any atom is -0.336 e. The third-order valence-electron chi connectivity index (χ3n) is 7.00. The standard InChI is InChI=1S/C27H22F3N5O2/c1-34-10-12-35(13-11-34)25(37)16-4-2-15(3-5-16)17-6-7-18-20(14-17)21-19(8-9-31-24(21)36)23-22(18)32-26(33-23)27(28,29)30/h2-9,14H,10-13H2,1H3,(H,31,36)(H,32,33). The van der Waals surface area contributed by atoms with Crippen LogP contribution in [0, 0.1) is 0 Å². The van der Waals surface area contributed by atoms with E-state index in [2.05, 4.69) is 19.9 Å². The van der Waals surface area contributed by atoms with Crippen molar-refractivity contribution < 1.29 is 18.0 Å². The molecular weight excluding hydrogens is 483 g/mol. The van der Waals surface area contributed by atoms with Crippen LogP contribution in [-0.4, -0.2) is 63.9 Å². The Hall–Kier alpha value is -4.18. The quantitative estimate of drug-likeness (QED) is 0.343. The molecule has 6 rings (SSSR count).